The van der Waals surface area contributed by atoms with Crippen LogP contribution >= 0.6 is 0 Å². The van der Waals surface area contributed by atoms with Crippen molar-refractivity contribution < 1.29 is 4.79 Å². The Hall–Kier alpha value is -2.44. The largest absolute Gasteiger partial charge is 0.358 e. The maximum Gasteiger partial charge on any atom is 0.250 e. The van der Waals surface area contributed by atoms with Gasteiger partial charge >= 0.3 is 0 Å². The second-order valence-corrected chi connectivity index (χ2v) is 6.35. The lowest BCUT2D eigenvalue weighted by atomic mass is 10.2. The first-order valence-corrected chi connectivity index (χ1v) is 8.03. The Bertz CT molecular complexity index is 751. The van der Waals surface area contributed by atoms with E-state index in [0.29, 0.717) is 18.3 Å². The third-order valence-electron chi connectivity index (χ3n) is 4.32. The van der Waals surface area contributed by atoms with Crippen molar-refractivity contribution in [2.75, 3.05) is 16.8 Å². The van der Waals surface area contributed by atoms with Gasteiger partial charge in [0.25, 0.3) is 5.91 Å². The molecule has 1 atom stereocenters. The molecule has 0 aromatic carbocycles. The summed E-state index contributed by atoms with van der Waals surface area (Å²) in [5, 5.41) is 7.60. The zero-order chi connectivity index (χ0) is 16.0. The number of aromatic nitrogens is 4. The average Bonchev–Trinajstić information content (AvgIpc) is 3.19. The summed E-state index contributed by atoms with van der Waals surface area (Å²) >= 11 is 0. The van der Waals surface area contributed by atoms with Crippen molar-refractivity contribution in [2.24, 2.45) is 7.05 Å². The molecule has 1 N–H and O–H groups in total. The van der Waals surface area contributed by atoms with Gasteiger partial charge < -0.3 is 5.32 Å². The minimum absolute atomic E-state index is 0.0490. The molecule has 1 unspecified atom stereocenters. The van der Waals surface area contributed by atoms with Crippen molar-refractivity contribution in [3.05, 3.63) is 29.8 Å². The Kier molecular flexibility index (Phi) is 3.28. The van der Waals surface area contributed by atoms with Crippen molar-refractivity contribution in [1.29, 1.82) is 0 Å². The van der Waals surface area contributed by atoms with Crippen LogP contribution in [0.1, 0.15) is 36.7 Å². The summed E-state index contributed by atoms with van der Waals surface area (Å²) in [6, 6.07) is 3.52. The second-order valence-electron chi connectivity index (χ2n) is 6.35. The quantitative estimate of drug-likeness (QED) is 0.928. The van der Waals surface area contributed by atoms with Gasteiger partial charge in [-0.25, -0.2) is 9.97 Å². The Labute approximate surface area is 134 Å². The van der Waals surface area contributed by atoms with Crippen molar-refractivity contribution >= 4 is 17.5 Å². The third-order valence-corrected chi connectivity index (χ3v) is 4.32. The minimum Gasteiger partial charge on any atom is -0.358 e. The van der Waals surface area contributed by atoms with Crippen LogP contribution in [0.3, 0.4) is 0 Å². The van der Waals surface area contributed by atoms with Gasteiger partial charge in [-0.05, 0) is 26.2 Å². The van der Waals surface area contributed by atoms with E-state index in [1.54, 1.807) is 9.58 Å². The summed E-state index contributed by atoms with van der Waals surface area (Å²) < 4.78 is 1.71. The molecule has 23 heavy (non-hydrogen) atoms. The molecule has 3 heterocycles. The molecule has 0 bridgehead atoms. The summed E-state index contributed by atoms with van der Waals surface area (Å²) in [5.41, 5.74) is 0.941. The van der Waals surface area contributed by atoms with Crippen LogP contribution in [0, 0.1) is 6.92 Å². The van der Waals surface area contributed by atoms with Gasteiger partial charge in [-0.3, -0.25) is 14.4 Å². The topological polar surface area (TPSA) is 75.9 Å². The summed E-state index contributed by atoms with van der Waals surface area (Å²) in [6.07, 6.45) is 4.92. The smallest absolute Gasteiger partial charge is 0.250 e. The number of carbonyl (C=O) groups excluding carboxylic acids is 1. The summed E-state index contributed by atoms with van der Waals surface area (Å²) in [4.78, 5) is 23.4. The van der Waals surface area contributed by atoms with E-state index in [1.807, 2.05) is 32.3 Å². The monoisotopic (exact) mass is 312 g/mol. The number of anilines is 2. The molecule has 1 aliphatic carbocycles. The van der Waals surface area contributed by atoms with E-state index in [9.17, 15) is 4.79 Å². The zero-order valence-corrected chi connectivity index (χ0v) is 13.4. The lowest BCUT2D eigenvalue weighted by molar-refractivity contribution is -0.117. The van der Waals surface area contributed by atoms with Gasteiger partial charge in [0.1, 0.15) is 17.7 Å². The fraction of sp³-hybridized carbons (Fsp3) is 0.500. The van der Waals surface area contributed by atoms with E-state index in [4.69, 9.17) is 0 Å². The van der Waals surface area contributed by atoms with Gasteiger partial charge in [-0.15, -0.1) is 0 Å². The molecule has 1 saturated heterocycles. The van der Waals surface area contributed by atoms with Gasteiger partial charge in [-0.1, -0.05) is 0 Å². The average molecular weight is 312 g/mol. The molecule has 2 aromatic rings. The standard InChI is InChI=1S/C16H20N6O/c1-10-9-13(19-15(17-10)11-3-4-11)18-12-5-8-22(16(12)23)14-6-7-21(2)20-14/h6-7,9,11-12H,3-5,8H2,1-2H3,(H,17,18,19). The Morgan fingerprint density at radius 1 is 1.26 bits per heavy atom. The summed E-state index contributed by atoms with van der Waals surface area (Å²) in [5.74, 6) is 2.91. The van der Waals surface area contributed by atoms with E-state index in [1.165, 1.54) is 12.8 Å². The molecular formula is C16H20N6O. The maximum atomic E-state index is 12.6. The minimum atomic E-state index is -0.252. The first kappa shape index (κ1) is 14.2. The number of nitrogens with zero attached hydrogens (tertiary/aromatic N) is 5. The van der Waals surface area contributed by atoms with Crippen LogP contribution in [0.15, 0.2) is 18.3 Å². The molecule has 1 amide bonds. The molecule has 1 aliphatic heterocycles. The molecule has 4 rings (SSSR count). The van der Waals surface area contributed by atoms with Gasteiger partial charge in [0, 0.05) is 43.5 Å². The molecule has 120 valence electrons. The summed E-state index contributed by atoms with van der Waals surface area (Å²) in [7, 11) is 1.85. The molecule has 2 aromatic heterocycles. The van der Waals surface area contributed by atoms with Gasteiger partial charge in [-0.2, -0.15) is 5.10 Å². The van der Waals surface area contributed by atoms with E-state index < -0.39 is 0 Å². The van der Waals surface area contributed by atoms with Crippen LogP contribution in [0.2, 0.25) is 0 Å². The number of carbonyl (C=O) groups is 1. The number of rotatable bonds is 4. The van der Waals surface area contributed by atoms with Crippen LogP contribution in [-0.2, 0) is 11.8 Å². The van der Waals surface area contributed by atoms with E-state index in [-0.39, 0.29) is 11.9 Å². The molecule has 0 spiro atoms. The first-order valence-electron chi connectivity index (χ1n) is 8.03. The van der Waals surface area contributed by atoms with Crippen molar-refractivity contribution in [3.8, 4) is 0 Å². The molecule has 7 nitrogen and oxygen atoms in total. The summed E-state index contributed by atoms with van der Waals surface area (Å²) in [6.45, 7) is 2.64. The predicted octanol–water partition coefficient (Wildman–Crippen LogP) is 1.61. The number of nitrogens with one attached hydrogen (secondary N) is 1. The van der Waals surface area contributed by atoms with Crippen molar-refractivity contribution in [1.82, 2.24) is 19.7 Å². The van der Waals surface area contributed by atoms with Crippen LogP contribution in [0.25, 0.3) is 0 Å². The molecular weight excluding hydrogens is 292 g/mol. The van der Waals surface area contributed by atoms with Gasteiger partial charge in [0.15, 0.2) is 5.82 Å². The number of hydrogen-bond acceptors (Lipinski definition) is 5. The van der Waals surface area contributed by atoms with Crippen molar-refractivity contribution in [3.63, 3.8) is 0 Å². The molecule has 0 radical (unpaired) electrons. The molecule has 7 heteroatoms. The number of amides is 1. The molecule has 1 saturated carbocycles. The van der Waals surface area contributed by atoms with E-state index in [2.05, 4.69) is 20.4 Å². The predicted molar refractivity (Wildman–Crippen MR) is 86.3 cm³/mol. The van der Waals surface area contributed by atoms with E-state index >= 15 is 0 Å². The fourth-order valence-corrected chi connectivity index (χ4v) is 2.96. The van der Waals surface area contributed by atoms with Crippen LogP contribution in [0.4, 0.5) is 11.6 Å². The molecule has 2 fully saturated rings. The highest BCUT2D eigenvalue weighted by atomic mass is 16.2. The highest BCUT2D eigenvalue weighted by molar-refractivity contribution is 6.00. The first-order chi connectivity index (χ1) is 11.1. The Morgan fingerprint density at radius 3 is 2.78 bits per heavy atom. The highest BCUT2D eigenvalue weighted by Gasteiger charge is 2.34. The second kappa shape index (κ2) is 5.33. The van der Waals surface area contributed by atoms with Crippen LogP contribution in [0.5, 0.6) is 0 Å². The zero-order valence-electron chi connectivity index (χ0n) is 13.4. The maximum absolute atomic E-state index is 12.6. The normalized spacial score (nSPS) is 21.0. The highest BCUT2D eigenvalue weighted by Crippen LogP contribution is 2.38. The van der Waals surface area contributed by atoms with Gasteiger partial charge in [0.05, 0.1) is 0 Å². The lowest BCUT2D eigenvalue weighted by Crippen LogP contribution is -2.34. The van der Waals surface area contributed by atoms with E-state index in [0.717, 1.165) is 23.8 Å². The van der Waals surface area contributed by atoms with Crippen LogP contribution in [-0.4, -0.2) is 38.2 Å². The van der Waals surface area contributed by atoms with Gasteiger partial charge in [0.2, 0.25) is 0 Å². The Morgan fingerprint density at radius 2 is 2.09 bits per heavy atom. The number of aryl methyl sites for hydroxylation is 2. The third kappa shape index (κ3) is 2.78. The fourth-order valence-electron chi connectivity index (χ4n) is 2.96. The number of hydrogen-bond donors (Lipinski definition) is 1. The Balaban J connectivity index is 1.50. The molecule has 2 aliphatic rings. The SMILES string of the molecule is Cc1cc(NC2CCN(c3ccn(C)n3)C2=O)nc(C2CC2)n1. The van der Waals surface area contributed by atoms with Crippen molar-refractivity contribution in [2.45, 2.75) is 38.1 Å². The van der Waals surface area contributed by atoms with Crippen LogP contribution < -0.4 is 10.2 Å². The lowest BCUT2D eigenvalue weighted by Gasteiger charge is -2.15.